The number of nitrogens with one attached hydrogen (secondary N) is 1. The van der Waals surface area contributed by atoms with Crippen LogP contribution in [-0.2, 0) is 11.5 Å². The third kappa shape index (κ3) is 3.34. The summed E-state index contributed by atoms with van der Waals surface area (Å²) >= 11 is 5.59. The average molecular weight is 334 g/mol. The highest BCUT2D eigenvalue weighted by atomic mass is 79.9. The Labute approximate surface area is 125 Å². The molecule has 0 saturated carbocycles. The van der Waals surface area contributed by atoms with Crippen LogP contribution in [0.2, 0.25) is 0 Å². The predicted molar refractivity (Wildman–Crippen MR) is 87.7 cm³/mol. The molecule has 1 unspecified atom stereocenters. The minimum absolute atomic E-state index is 0.475. The van der Waals surface area contributed by atoms with Crippen molar-refractivity contribution in [3.63, 3.8) is 0 Å². The first-order valence-corrected chi connectivity index (χ1v) is 8.54. The first-order valence-electron chi connectivity index (χ1n) is 6.47. The summed E-state index contributed by atoms with van der Waals surface area (Å²) < 4.78 is 0. The van der Waals surface area contributed by atoms with Gasteiger partial charge < -0.3 is 4.98 Å². The normalized spacial score (nSPS) is 17.4. The first kappa shape index (κ1) is 13.1. The van der Waals surface area contributed by atoms with Crippen molar-refractivity contribution in [3.05, 3.63) is 58.2 Å². The van der Waals surface area contributed by atoms with Crippen molar-refractivity contribution in [3.8, 4) is 0 Å². The number of fused-ring (bicyclic) bond motifs is 1. The van der Waals surface area contributed by atoms with Crippen molar-refractivity contribution in [2.45, 2.75) is 22.8 Å². The quantitative estimate of drug-likeness (QED) is 0.849. The molecule has 0 fully saturated rings. The van der Waals surface area contributed by atoms with E-state index in [0.717, 1.165) is 17.9 Å². The molecule has 0 aliphatic heterocycles. The Bertz CT molecular complexity index is 660. The van der Waals surface area contributed by atoms with Crippen molar-refractivity contribution >= 4 is 39.8 Å². The summed E-state index contributed by atoms with van der Waals surface area (Å²) in [5, 5.41) is 2.62. The molecular weight excluding hydrogens is 318 g/mol. The molecule has 0 saturated heterocycles. The Morgan fingerprint density at radius 3 is 2.89 bits per heavy atom. The number of alkyl halides is 1. The van der Waals surface area contributed by atoms with Crippen molar-refractivity contribution in [1.29, 1.82) is 0 Å². The van der Waals surface area contributed by atoms with Crippen molar-refractivity contribution in [1.82, 2.24) is 4.98 Å². The van der Waals surface area contributed by atoms with Crippen molar-refractivity contribution in [2.24, 2.45) is 0 Å². The molecule has 1 N–H and O–H groups in total. The Hall–Kier alpha value is -0.930. The molecule has 0 bridgehead atoms. The summed E-state index contributed by atoms with van der Waals surface area (Å²) in [6, 6.07) is 12.9. The molecule has 3 rings (SSSR count). The highest BCUT2D eigenvalue weighted by molar-refractivity contribution is 9.09. The van der Waals surface area contributed by atoms with Gasteiger partial charge in [0.05, 0.1) is 0 Å². The van der Waals surface area contributed by atoms with Gasteiger partial charge in [-0.15, -0.1) is 0 Å². The van der Waals surface area contributed by atoms with Crippen molar-refractivity contribution < 1.29 is 0 Å². The van der Waals surface area contributed by atoms with Gasteiger partial charge in [0.25, 0.3) is 0 Å². The van der Waals surface area contributed by atoms with Gasteiger partial charge in [0, 0.05) is 27.4 Å². The molecule has 1 aromatic carbocycles. The van der Waals surface area contributed by atoms with E-state index in [4.69, 9.17) is 0 Å². The topological polar surface area (TPSA) is 15.8 Å². The Morgan fingerprint density at radius 1 is 1.21 bits per heavy atom. The Morgan fingerprint density at radius 2 is 2.05 bits per heavy atom. The van der Waals surface area contributed by atoms with Crippen LogP contribution in [0.3, 0.4) is 0 Å². The van der Waals surface area contributed by atoms with Gasteiger partial charge in [-0.1, -0.05) is 52.3 Å². The Balaban J connectivity index is 1.64. The van der Waals surface area contributed by atoms with E-state index in [9.17, 15) is 0 Å². The van der Waals surface area contributed by atoms with Gasteiger partial charge >= 0.3 is 0 Å². The van der Waals surface area contributed by atoms with Crippen LogP contribution in [-0.4, -0.2) is 9.81 Å². The van der Waals surface area contributed by atoms with Gasteiger partial charge in [-0.2, -0.15) is 11.8 Å². The van der Waals surface area contributed by atoms with E-state index < -0.39 is 0 Å². The Kier molecular flexibility index (Phi) is 4.14. The lowest BCUT2D eigenvalue weighted by molar-refractivity contribution is 1.12. The zero-order valence-electron chi connectivity index (χ0n) is 10.6. The molecule has 0 amide bonds. The second-order valence-electron chi connectivity index (χ2n) is 4.76. The minimum atomic E-state index is 0.475. The van der Waals surface area contributed by atoms with Gasteiger partial charge in [0.2, 0.25) is 0 Å². The monoisotopic (exact) mass is 333 g/mol. The van der Waals surface area contributed by atoms with E-state index in [-0.39, 0.29) is 0 Å². The van der Waals surface area contributed by atoms with Crippen LogP contribution in [0.4, 0.5) is 0 Å². The van der Waals surface area contributed by atoms with Gasteiger partial charge in [-0.3, -0.25) is 0 Å². The lowest BCUT2D eigenvalue weighted by Gasteiger charge is -2.01. The summed E-state index contributed by atoms with van der Waals surface area (Å²) in [6.45, 7) is 0. The fraction of sp³-hybridized carbons (Fsp3) is 0.250. The van der Waals surface area contributed by atoms with Crippen LogP contribution in [0.15, 0.2) is 36.4 Å². The third-order valence-corrected chi connectivity index (χ3v) is 4.91. The molecule has 2 aromatic rings. The first-order chi connectivity index (χ1) is 9.31. The smallest absolute Gasteiger partial charge is 0.0423 e. The van der Waals surface area contributed by atoms with Crippen molar-refractivity contribution in [2.75, 3.05) is 0 Å². The molecule has 1 aliphatic carbocycles. The number of aromatic amines is 1. The van der Waals surface area contributed by atoms with E-state index in [1.807, 2.05) is 11.8 Å². The minimum Gasteiger partial charge on any atom is -0.358 e. The van der Waals surface area contributed by atoms with E-state index in [1.165, 1.54) is 21.8 Å². The zero-order valence-corrected chi connectivity index (χ0v) is 13.0. The molecule has 1 heterocycles. The molecule has 0 spiro atoms. The number of benzene rings is 1. The van der Waals surface area contributed by atoms with Crippen LogP contribution in [0.25, 0.3) is 12.2 Å². The number of thioether (sulfide) groups is 1. The second-order valence-corrected chi connectivity index (χ2v) is 6.93. The lowest BCUT2D eigenvalue weighted by Crippen LogP contribution is -2.27. The molecule has 1 aromatic heterocycles. The van der Waals surface area contributed by atoms with E-state index >= 15 is 0 Å². The maximum atomic E-state index is 3.64. The molecule has 1 nitrogen and oxygen atoms in total. The van der Waals surface area contributed by atoms with Gasteiger partial charge in [-0.05, 0) is 29.3 Å². The largest absolute Gasteiger partial charge is 0.358 e. The molecule has 0 radical (unpaired) electrons. The highest BCUT2D eigenvalue weighted by Crippen LogP contribution is 2.16. The van der Waals surface area contributed by atoms with Gasteiger partial charge in [0.15, 0.2) is 0 Å². The molecular formula is C16H16BrNS. The molecule has 19 heavy (non-hydrogen) atoms. The average Bonchev–Trinajstić information content (AvgIpc) is 2.82. The molecule has 98 valence electrons. The summed E-state index contributed by atoms with van der Waals surface area (Å²) in [4.78, 5) is 3.99. The number of halogens is 1. The zero-order chi connectivity index (χ0) is 13.1. The third-order valence-electron chi connectivity index (χ3n) is 3.22. The van der Waals surface area contributed by atoms with E-state index in [1.54, 1.807) is 0 Å². The molecule has 1 aliphatic rings. The predicted octanol–water partition coefficient (Wildman–Crippen LogP) is 3.18. The summed E-state index contributed by atoms with van der Waals surface area (Å²) in [5.74, 6) is 2.11. The summed E-state index contributed by atoms with van der Waals surface area (Å²) in [7, 11) is 0. The fourth-order valence-electron chi connectivity index (χ4n) is 2.27. The number of H-pyrrole nitrogens is 1. The van der Waals surface area contributed by atoms with Gasteiger partial charge in [0.1, 0.15) is 0 Å². The van der Waals surface area contributed by atoms with Gasteiger partial charge in [-0.25, -0.2) is 0 Å². The van der Waals surface area contributed by atoms with E-state index in [0.29, 0.717) is 4.83 Å². The lowest BCUT2D eigenvalue weighted by atomic mass is 10.2. The second kappa shape index (κ2) is 6.02. The molecule has 1 atom stereocenters. The summed E-state index contributed by atoms with van der Waals surface area (Å²) in [5.41, 5.74) is 2.71. The maximum Gasteiger partial charge on any atom is 0.0423 e. The van der Waals surface area contributed by atoms with Crippen LogP contribution < -0.4 is 10.6 Å². The number of hydrogen-bond donors (Lipinski definition) is 1. The van der Waals surface area contributed by atoms with E-state index in [2.05, 4.69) is 69.5 Å². The van der Waals surface area contributed by atoms with Crippen LogP contribution in [0.1, 0.15) is 17.7 Å². The van der Waals surface area contributed by atoms with Crippen LogP contribution >= 0.6 is 27.7 Å². The highest BCUT2D eigenvalue weighted by Gasteiger charge is 2.05. The fourth-order valence-corrected chi connectivity index (χ4v) is 3.63. The number of hydrogen-bond acceptors (Lipinski definition) is 1. The van der Waals surface area contributed by atoms with Crippen LogP contribution in [0.5, 0.6) is 0 Å². The summed E-state index contributed by atoms with van der Waals surface area (Å²) in [6.07, 6.45) is 5.65. The SMILES string of the molecule is BrC1C=c2[nH]c(CSCc3ccccc3)cc2=CC1. The molecule has 3 heteroatoms. The number of rotatable bonds is 4. The standard InChI is InChI=1S/C16H16BrNS/c17-14-7-6-13-8-15(18-16(13)9-14)11-19-10-12-4-2-1-3-5-12/h1-6,8-9,14,18H,7,10-11H2. The maximum absolute atomic E-state index is 3.64. The number of aromatic nitrogens is 1. The van der Waals surface area contributed by atoms with Crippen LogP contribution in [0, 0.1) is 0 Å².